The number of piperazine rings is 1. The van der Waals surface area contributed by atoms with Crippen molar-refractivity contribution in [1.82, 2.24) is 10.2 Å². The van der Waals surface area contributed by atoms with Crippen LogP contribution in [0.2, 0.25) is 0 Å². The molecule has 1 aromatic carbocycles. The highest BCUT2D eigenvalue weighted by Crippen LogP contribution is 2.33. The number of nitro benzene ring substituents is 1. The Hall–Kier alpha value is -2.94. The molecule has 1 fully saturated rings. The van der Waals surface area contributed by atoms with Crippen molar-refractivity contribution in [2.24, 2.45) is 0 Å². The molecule has 0 saturated carbocycles. The van der Waals surface area contributed by atoms with Crippen LogP contribution in [-0.4, -0.2) is 48.1 Å². The average molecular weight is 333 g/mol. The van der Waals surface area contributed by atoms with Crippen LogP contribution in [0.1, 0.15) is 11.1 Å². The van der Waals surface area contributed by atoms with Crippen molar-refractivity contribution in [3.63, 3.8) is 0 Å². The molecule has 0 atom stereocenters. The van der Waals surface area contributed by atoms with Crippen LogP contribution in [-0.2, 0) is 20.9 Å². The Morgan fingerprint density at radius 3 is 3.00 bits per heavy atom. The Bertz CT molecular complexity index is 730. The summed E-state index contributed by atoms with van der Waals surface area (Å²) in [5, 5.41) is 13.7. The van der Waals surface area contributed by atoms with Gasteiger partial charge in [0.05, 0.1) is 18.1 Å². The minimum atomic E-state index is -0.511. The fourth-order valence-corrected chi connectivity index (χ4v) is 2.55. The largest absolute Gasteiger partial charge is 0.467 e. The minimum absolute atomic E-state index is 0.000554. The molecule has 2 amide bonds. The number of fused-ring (bicyclic) bond motifs is 1. The van der Waals surface area contributed by atoms with Gasteiger partial charge in [0.1, 0.15) is 5.75 Å². The fourth-order valence-electron chi connectivity index (χ4n) is 2.55. The van der Waals surface area contributed by atoms with Crippen LogP contribution in [0, 0.1) is 10.1 Å². The molecular weight excluding hydrogens is 318 g/mol. The Kier molecular flexibility index (Phi) is 4.43. The Labute approximate surface area is 137 Å². The zero-order valence-corrected chi connectivity index (χ0v) is 12.7. The third-order valence-electron chi connectivity index (χ3n) is 3.69. The van der Waals surface area contributed by atoms with Gasteiger partial charge in [0, 0.05) is 42.4 Å². The number of non-ortho nitro benzene ring substituents is 1. The molecule has 0 bridgehead atoms. The maximum absolute atomic E-state index is 12.2. The van der Waals surface area contributed by atoms with Gasteiger partial charge in [-0.25, -0.2) is 0 Å². The van der Waals surface area contributed by atoms with E-state index in [1.165, 1.54) is 29.2 Å². The summed E-state index contributed by atoms with van der Waals surface area (Å²) in [4.78, 5) is 35.4. The number of rotatable bonds is 3. The van der Waals surface area contributed by atoms with Crippen LogP contribution in [0.3, 0.4) is 0 Å². The number of nitrogens with one attached hydrogen (secondary N) is 1. The van der Waals surface area contributed by atoms with Gasteiger partial charge < -0.3 is 19.7 Å². The van der Waals surface area contributed by atoms with E-state index in [1.807, 2.05) is 0 Å². The zero-order chi connectivity index (χ0) is 17.1. The fraction of sp³-hybridized carbons (Fsp3) is 0.333. The third kappa shape index (κ3) is 3.35. The molecule has 126 valence electrons. The maximum atomic E-state index is 12.2. The number of hydrogen-bond donors (Lipinski definition) is 1. The molecule has 0 aliphatic carbocycles. The number of nitrogens with zero attached hydrogens (tertiary/aromatic N) is 2. The monoisotopic (exact) mass is 333 g/mol. The second-order valence-electron chi connectivity index (χ2n) is 5.33. The summed E-state index contributed by atoms with van der Waals surface area (Å²) in [5.74, 6) is -0.0827. The number of carbonyl (C=O) groups is 2. The summed E-state index contributed by atoms with van der Waals surface area (Å²) in [6.45, 7) is 1.09. The molecule has 3 rings (SSSR count). The van der Waals surface area contributed by atoms with Gasteiger partial charge in [0.15, 0.2) is 6.79 Å². The van der Waals surface area contributed by atoms with E-state index in [0.717, 1.165) is 0 Å². The highest BCUT2D eigenvalue weighted by molar-refractivity contribution is 5.95. The first-order valence-electron chi connectivity index (χ1n) is 7.30. The smallest absolute Gasteiger partial charge is 0.270 e. The summed E-state index contributed by atoms with van der Waals surface area (Å²) >= 11 is 0. The van der Waals surface area contributed by atoms with Gasteiger partial charge in [-0.05, 0) is 6.08 Å². The van der Waals surface area contributed by atoms with Crippen LogP contribution in [0.25, 0.3) is 6.08 Å². The first-order valence-corrected chi connectivity index (χ1v) is 7.30. The lowest BCUT2D eigenvalue weighted by molar-refractivity contribution is -0.385. The van der Waals surface area contributed by atoms with Gasteiger partial charge in [0.25, 0.3) is 5.69 Å². The zero-order valence-electron chi connectivity index (χ0n) is 12.7. The van der Waals surface area contributed by atoms with Crippen molar-refractivity contribution in [3.8, 4) is 5.75 Å². The van der Waals surface area contributed by atoms with Gasteiger partial charge in [-0.3, -0.25) is 19.7 Å². The highest BCUT2D eigenvalue weighted by Gasteiger charge is 2.21. The third-order valence-corrected chi connectivity index (χ3v) is 3.69. The summed E-state index contributed by atoms with van der Waals surface area (Å²) < 4.78 is 10.5. The second-order valence-corrected chi connectivity index (χ2v) is 5.33. The average Bonchev–Trinajstić information content (AvgIpc) is 2.59. The molecule has 1 N–H and O–H groups in total. The van der Waals surface area contributed by atoms with E-state index in [1.54, 1.807) is 0 Å². The van der Waals surface area contributed by atoms with E-state index < -0.39 is 4.92 Å². The van der Waals surface area contributed by atoms with Crippen molar-refractivity contribution in [1.29, 1.82) is 0 Å². The van der Waals surface area contributed by atoms with E-state index in [-0.39, 0.29) is 37.4 Å². The predicted octanol–water partition coefficient (Wildman–Crippen LogP) is 0.433. The molecule has 0 unspecified atom stereocenters. The summed E-state index contributed by atoms with van der Waals surface area (Å²) in [6, 6.07) is 2.74. The highest BCUT2D eigenvalue weighted by atomic mass is 16.7. The molecule has 24 heavy (non-hydrogen) atoms. The van der Waals surface area contributed by atoms with Crippen LogP contribution in [0.15, 0.2) is 18.2 Å². The molecule has 1 aromatic rings. The van der Waals surface area contributed by atoms with Crippen LogP contribution >= 0.6 is 0 Å². The Balaban J connectivity index is 1.85. The van der Waals surface area contributed by atoms with E-state index in [2.05, 4.69) is 5.32 Å². The van der Waals surface area contributed by atoms with Gasteiger partial charge in [-0.2, -0.15) is 0 Å². The molecule has 9 nitrogen and oxygen atoms in total. The van der Waals surface area contributed by atoms with Crippen molar-refractivity contribution in [2.75, 3.05) is 26.4 Å². The molecule has 2 aliphatic rings. The van der Waals surface area contributed by atoms with E-state index >= 15 is 0 Å². The van der Waals surface area contributed by atoms with Crippen LogP contribution < -0.4 is 10.1 Å². The Morgan fingerprint density at radius 2 is 2.25 bits per heavy atom. The number of carbonyl (C=O) groups excluding carboxylic acids is 2. The van der Waals surface area contributed by atoms with E-state index in [4.69, 9.17) is 9.47 Å². The topological polar surface area (TPSA) is 111 Å². The van der Waals surface area contributed by atoms with Crippen molar-refractivity contribution in [3.05, 3.63) is 39.4 Å². The van der Waals surface area contributed by atoms with Gasteiger partial charge in [-0.15, -0.1) is 0 Å². The van der Waals surface area contributed by atoms with Gasteiger partial charge in [0.2, 0.25) is 11.8 Å². The second kappa shape index (κ2) is 6.67. The van der Waals surface area contributed by atoms with Crippen molar-refractivity contribution >= 4 is 23.6 Å². The maximum Gasteiger partial charge on any atom is 0.270 e. The Morgan fingerprint density at radius 1 is 1.42 bits per heavy atom. The molecule has 0 aromatic heterocycles. The quantitative estimate of drug-likeness (QED) is 0.488. The number of hydrogen-bond acceptors (Lipinski definition) is 6. The first kappa shape index (κ1) is 15.9. The number of ether oxygens (including phenoxy) is 2. The van der Waals surface area contributed by atoms with E-state index in [0.29, 0.717) is 30.0 Å². The standard InChI is InChI=1S/C15H15N3O6/c19-13-7-17(4-3-16-13)14(20)2-1-10-5-12(18(21)22)6-11-8-23-9-24-15(10)11/h1-2,5-6H,3-4,7-9H2,(H,16,19). The summed E-state index contributed by atoms with van der Waals surface area (Å²) in [7, 11) is 0. The molecule has 1 saturated heterocycles. The SMILES string of the molecule is O=C1CN(C(=O)C=Cc2cc([N+](=O)[O-])cc3c2OCOC3)CCN1. The molecule has 0 radical (unpaired) electrons. The number of amides is 2. The molecule has 2 aliphatic heterocycles. The van der Waals surface area contributed by atoms with Gasteiger partial charge >= 0.3 is 0 Å². The minimum Gasteiger partial charge on any atom is -0.467 e. The summed E-state index contributed by atoms with van der Waals surface area (Å²) in [5.41, 5.74) is 0.879. The van der Waals surface area contributed by atoms with Crippen molar-refractivity contribution in [2.45, 2.75) is 6.61 Å². The predicted molar refractivity (Wildman–Crippen MR) is 82.0 cm³/mol. The normalized spacial score (nSPS) is 17.2. The molecule has 2 heterocycles. The molecule has 0 spiro atoms. The molecule has 9 heteroatoms. The van der Waals surface area contributed by atoms with Crippen LogP contribution in [0.4, 0.5) is 5.69 Å². The van der Waals surface area contributed by atoms with E-state index in [9.17, 15) is 19.7 Å². The van der Waals surface area contributed by atoms with Crippen molar-refractivity contribution < 1.29 is 24.0 Å². The first-order chi connectivity index (χ1) is 11.5. The number of nitro groups is 1. The number of benzene rings is 1. The lowest BCUT2D eigenvalue weighted by Crippen LogP contribution is -2.49. The lowest BCUT2D eigenvalue weighted by atomic mass is 10.1. The van der Waals surface area contributed by atoms with Crippen LogP contribution in [0.5, 0.6) is 5.75 Å². The van der Waals surface area contributed by atoms with Gasteiger partial charge in [-0.1, -0.05) is 0 Å². The molecular formula is C15H15N3O6. The summed E-state index contributed by atoms with van der Waals surface area (Å²) in [6.07, 6.45) is 2.75. The lowest BCUT2D eigenvalue weighted by Gasteiger charge is -2.25.